The van der Waals surface area contributed by atoms with Crippen molar-refractivity contribution in [2.75, 3.05) is 6.54 Å². The number of carbonyl (C=O) groups is 1. The van der Waals surface area contributed by atoms with Crippen molar-refractivity contribution in [2.45, 2.75) is 64.1 Å². The number of hydrogen-bond donors (Lipinski definition) is 2. The predicted molar refractivity (Wildman–Crippen MR) is 111 cm³/mol. The van der Waals surface area contributed by atoms with Gasteiger partial charge in [-0.2, -0.15) is 5.26 Å². The molecular formula is C23H30N4O. The van der Waals surface area contributed by atoms with Gasteiger partial charge in [-0.15, -0.1) is 0 Å². The quantitative estimate of drug-likeness (QED) is 0.769. The zero-order valence-electron chi connectivity index (χ0n) is 16.7. The number of aromatic nitrogens is 1. The third-order valence-corrected chi connectivity index (χ3v) is 6.42. The van der Waals surface area contributed by atoms with Crippen molar-refractivity contribution in [1.29, 1.82) is 5.26 Å². The van der Waals surface area contributed by atoms with E-state index in [1.807, 2.05) is 18.2 Å². The number of nitriles is 1. The molecule has 5 heteroatoms. The molecule has 148 valence electrons. The molecule has 2 aromatic rings. The summed E-state index contributed by atoms with van der Waals surface area (Å²) in [7, 11) is 0. The lowest BCUT2D eigenvalue weighted by molar-refractivity contribution is 0.0896. The molecule has 3 atom stereocenters. The molecule has 1 heterocycles. The first kappa shape index (κ1) is 19.0. The number of fused-ring (bicyclic) bond motifs is 1. The van der Waals surface area contributed by atoms with E-state index in [4.69, 9.17) is 0 Å². The van der Waals surface area contributed by atoms with Crippen LogP contribution < -0.4 is 10.6 Å². The Morgan fingerprint density at radius 3 is 2.79 bits per heavy atom. The number of carbonyl (C=O) groups excluding carboxylic acids is 1. The van der Waals surface area contributed by atoms with Crippen LogP contribution in [0.15, 0.2) is 30.3 Å². The van der Waals surface area contributed by atoms with Gasteiger partial charge in [-0.3, -0.25) is 4.79 Å². The van der Waals surface area contributed by atoms with E-state index < -0.39 is 0 Å². The lowest BCUT2D eigenvalue weighted by Gasteiger charge is -2.33. The zero-order chi connectivity index (χ0) is 19.5. The number of benzene rings is 1. The summed E-state index contributed by atoms with van der Waals surface area (Å²) < 4.78 is 2.10. The Balaban J connectivity index is 1.45. The number of para-hydroxylation sites is 1. The highest BCUT2D eigenvalue weighted by molar-refractivity contribution is 5.98. The van der Waals surface area contributed by atoms with E-state index in [2.05, 4.69) is 40.3 Å². The highest BCUT2D eigenvalue weighted by atomic mass is 16.2. The molecule has 1 aromatic heterocycles. The van der Waals surface area contributed by atoms with Gasteiger partial charge in [0.25, 0.3) is 5.91 Å². The van der Waals surface area contributed by atoms with Crippen LogP contribution in [0.25, 0.3) is 10.9 Å². The predicted octanol–water partition coefficient (Wildman–Crippen LogP) is 3.84. The normalized spacial score (nSPS) is 23.3. The number of nitrogens with zero attached hydrogens (tertiary/aromatic N) is 2. The van der Waals surface area contributed by atoms with Crippen molar-refractivity contribution in [3.8, 4) is 6.07 Å². The van der Waals surface area contributed by atoms with Gasteiger partial charge in [0.05, 0.1) is 12.1 Å². The van der Waals surface area contributed by atoms with Crippen molar-refractivity contribution >= 4 is 16.8 Å². The highest BCUT2D eigenvalue weighted by Crippen LogP contribution is 2.33. The molecule has 0 aliphatic heterocycles. The summed E-state index contributed by atoms with van der Waals surface area (Å²) in [6.07, 6.45) is 6.81. The zero-order valence-corrected chi connectivity index (χ0v) is 16.7. The SMILES string of the molecule is CCn1c(C(=O)N[C@H]2CCCC[C@@H]2CNC(C#N)C2CC2)cc2ccccc21. The van der Waals surface area contributed by atoms with Gasteiger partial charge >= 0.3 is 0 Å². The molecular weight excluding hydrogens is 348 g/mol. The summed E-state index contributed by atoms with van der Waals surface area (Å²) in [6, 6.07) is 12.7. The van der Waals surface area contributed by atoms with Crippen LogP contribution in [0, 0.1) is 23.2 Å². The molecule has 2 aliphatic carbocycles. The van der Waals surface area contributed by atoms with Crippen LogP contribution in [0.5, 0.6) is 0 Å². The monoisotopic (exact) mass is 378 g/mol. The van der Waals surface area contributed by atoms with Gasteiger partial charge in [0.1, 0.15) is 5.69 Å². The van der Waals surface area contributed by atoms with Crippen molar-refractivity contribution in [1.82, 2.24) is 15.2 Å². The molecule has 1 aromatic carbocycles. The minimum Gasteiger partial charge on any atom is -0.348 e. The summed E-state index contributed by atoms with van der Waals surface area (Å²) in [6.45, 7) is 3.67. The first-order valence-corrected chi connectivity index (χ1v) is 10.7. The fraction of sp³-hybridized carbons (Fsp3) is 0.565. The molecule has 1 amide bonds. The van der Waals surface area contributed by atoms with Crippen molar-refractivity contribution in [2.24, 2.45) is 11.8 Å². The lowest BCUT2D eigenvalue weighted by atomic mass is 9.84. The smallest absolute Gasteiger partial charge is 0.268 e. The van der Waals surface area contributed by atoms with Gasteiger partial charge in [-0.25, -0.2) is 0 Å². The summed E-state index contributed by atoms with van der Waals surface area (Å²) in [5.41, 5.74) is 1.85. The van der Waals surface area contributed by atoms with Gasteiger partial charge in [0.2, 0.25) is 0 Å². The minimum absolute atomic E-state index is 0.0222. The number of nitrogens with one attached hydrogen (secondary N) is 2. The van der Waals surface area contributed by atoms with Gasteiger partial charge in [0.15, 0.2) is 0 Å². The van der Waals surface area contributed by atoms with E-state index in [1.54, 1.807) is 0 Å². The van der Waals surface area contributed by atoms with Gasteiger partial charge in [0, 0.05) is 30.0 Å². The molecule has 28 heavy (non-hydrogen) atoms. The van der Waals surface area contributed by atoms with E-state index >= 15 is 0 Å². The van der Waals surface area contributed by atoms with E-state index in [0.717, 1.165) is 61.8 Å². The van der Waals surface area contributed by atoms with Crippen LogP contribution in [-0.4, -0.2) is 29.1 Å². The Morgan fingerprint density at radius 1 is 1.25 bits per heavy atom. The second kappa shape index (κ2) is 8.36. The Labute approximate surface area is 167 Å². The Morgan fingerprint density at radius 2 is 2.04 bits per heavy atom. The molecule has 2 aliphatic rings. The molecule has 2 N–H and O–H groups in total. The van der Waals surface area contributed by atoms with Crippen LogP contribution >= 0.6 is 0 Å². The summed E-state index contributed by atoms with van der Waals surface area (Å²) in [4.78, 5) is 13.1. The molecule has 0 bridgehead atoms. The second-order valence-electron chi connectivity index (χ2n) is 8.31. The molecule has 1 unspecified atom stereocenters. The average molecular weight is 379 g/mol. The molecule has 0 spiro atoms. The minimum atomic E-state index is -0.0269. The lowest BCUT2D eigenvalue weighted by Crippen LogP contribution is -2.47. The third-order valence-electron chi connectivity index (χ3n) is 6.42. The molecule has 5 nitrogen and oxygen atoms in total. The van der Waals surface area contributed by atoms with Crippen LogP contribution in [0.2, 0.25) is 0 Å². The average Bonchev–Trinajstić information content (AvgIpc) is 3.49. The maximum Gasteiger partial charge on any atom is 0.268 e. The number of hydrogen-bond acceptors (Lipinski definition) is 3. The standard InChI is InChI=1S/C23H30N4O/c1-2-27-21-10-6-4-7-17(21)13-22(27)23(28)26-19-9-5-3-8-18(19)15-25-20(14-24)16-11-12-16/h4,6-7,10,13,16,18-20,25H,2-3,5,8-9,11-12,15H2,1H3,(H,26,28)/t18-,19+,20?/m1/s1. The largest absolute Gasteiger partial charge is 0.348 e. The van der Waals surface area contributed by atoms with Crippen molar-refractivity contribution in [3.63, 3.8) is 0 Å². The van der Waals surface area contributed by atoms with E-state index in [-0.39, 0.29) is 18.0 Å². The maximum atomic E-state index is 13.1. The van der Waals surface area contributed by atoms with Crippen LogP contribution in [0.1, 0.15) is 55.9 Å². The maximum absolute atomic E-state index is 13.1. The fourth-order valence-electron chi connectivity index (χ4n) is 4.65. The number of rotatable bonds is 7. The Kier molecular flexibility index (Phi) is 5.68. The molecule has 0 saturated heterocycles. The van der Waals surface area contributed by atoms with Crippen LogP contribution in [-0.2, 0) is 6.54 Å². The number of amides is 1. The fourth-order valence-corrected chi connectivity index (χ4v) is 4.65. The molecule has 0 radical (unpaired) electrons. The van der Waals surface area contributed by atoms with Crippen LogP contribution in [0.3, 0.4) is 0 Å². The molecule has 4 rings (SSSR count). The van der Waals surface area contributed by atoms with Crippen molar-refractivity contribution < 1.29 is 4.79 Å². The van der Waals surface area contributed by atoms with E-state index in [1.165, 1.54) is 6.42 Å². The van der Waals surface area contributed by atoms with Crippen LogP contribution in [0.4, 0.5) is 0 Å². The second-order valence-corrected chi connectivity index (χ2v) is 8.31. The van der Waals surface area contributed by atoms with Gasteiger partial charge in [-0.05, 0) is 56.6 Å². The first-order chi connectivity index (χ1) is 13.7. The third kappa shape index (κ3) is 3.93. The summed E-state index contributed by atoms with van der Waals surface area (Å²) in [5.74, 6) is 0.947. The summed E-state index contributed by atoms with van der Waals surface area (Å²) in [5, 5.41) is 17.3. The van der Waals surface area contributed by atoms with Crippen molar-refractivity contribution in [3.05, 3.63) is 36.0 Å². The Bertz CT molecular complexity index is 876. The number of aryl methyl sites for hydroxylation is 1. The topological polar surface area (TPSA) is 69.8 Å². The summed E-state index contributed by atoms with van der Waals surface area (Å²) >= 11 is 0. The van der Waals surface area contributed by atoms with E-state index in [9.17, 15) is 10.1 Å². The molecule has 2 fully saturated rings. The van der Waals surface area contributed by atoms with Gasteiger partial charge in [-0.1, -0.05) is 31.0 Å². The van der Waals surface area contributed by atoms with E-state index in [0.29, 0.717) is 11.8 Å². The highest BCUT2D eigenvalue weighted by Gasteiger charge is 2.33. The van der Waals surface area contributed by atoms with Gasteiger partial charge < -0.3 is 15.2 Å². The molecule has 2 saturated carbocycles. The first-order valence-electron chi connectivity index (χ1n) is 10.7. The Hall–Kier alpha value is -2.32.